The molecule has 5 nitrogen and oxygen atoms in total. The normalized spacial score (nSPS) is 20.8. The van der Waals surface area contributed by atoms with Gasteiger partial charge in [-0.3, -0.25) is 4.68 Å². The van der Waals surface area contributed by atoms with Crippen molar-refractivity contribution in [2.24, 2.45) is 0 Å². The van der Waals surface area contributed by atoms with Gasteiger partial charge in [-0.15, -0.1) is 0 Å². The predicted octanol–water partition coefficient (Wildman–Crippen LogP) is 1.03. The summed E-state index contributed by atoms with van der Waals surface area (Å²) >= 11 is 0. The molecule has 1 fully saturated rings. The molecule has 5 heteroatoms. The van der Waals surface area contributed by atoms with Crippen molar-refractivity contribution >= 4 is 16.6 Å². The highest BCUT2D eigenvalue weighted by Gasteiger charge is 2.15. The third-order valence-electron chi connectivity index (χ3n) is 2.85. The van der Waals surface area contributed by atoms with Crippen LogP contribution in [0.15, 0.2) is 24.4 Å². The van der Waals surface area contributed by atoms with Crippen LogP contribution in [0.2, 0.25) is 0 Å². The van der Waals surface area contributed by atoms with Crippen LogP contribution < -0.4 is 5.73 Å². The number of aromatic nitrogens is 2. The van der Waals surface area contributed by atoms with Crippen LogP contribution in [-0.4, -0.2) is 35.7 Å². The molecule has 90 valence electrons. The minimum atomic E-state index is 0.0930. The van der Waals surface area contributed by atoms with Crippen LogP contribution in [0, 0.1) is 0 Å². The average molecular weight is 233 g/mol. The number of rotatable bonds is 2. The van der Waals surface area contributed by atoms with Gasteiger partial charge >= 0.3 is 0 Å². The molecule has 1 atom stereocenters. The van der Waals surface area contributed by atoms with Crippen LogP contribution in [0.1, 0.15) is 0 Å². The molecule has 17 heavy (non-hydrogen) atoms. The van der Waals surface area contributed by atoms with Crippen molar-refractivity contribution < 1.29 is 9.47 Å². The third kappa shape index (κ3) is 2.25. The molecule has 1 aromatic heterocycles. The van der Waals surface area contributed by atoms with E-state index in [9.17, 15) is 0 Å². The molecule has 1 saturated heterocycles. The Balaban J connectivity index is 1.80. The summed E-state index contributed by atoms with van der Waals surface area (Å²) < 4.78 is 12.8. The second kappa shape index (κ2) is 4.35. The number of nitrogens with two attached hydrogens (primary N) is 1. The van der Waals surface area contributed by atoms with Gasteiger partial charge in [0.05, 0.1) is 31.9 Å². The van der Waals surface area contributed by atoms with Crippen molar-refractivity contribution in [2.45, 2.75) is 12.6 Å². The van der Waals surface area contributed by atoms with E-state index < -0.39 is 0 Å². The van der Waals surface area contributed by atoms with Crippen LogP contribution in [0.5, 0.6) is 0 Å². The van der Waals surface area contributed by atoms with Gasteiger partial charge in [0.2, 0.25) is 0 Å². The molecular weight excluding hydrogens is 218 g/mol. The Morgan fingerprint density at radius 1 is 1.41 bits per heavy atom. The van der Waals surface area contributed by atoms with Gasteiger partial charge in [-0.2, -0.15) is 5.10 Å². The zero-order valence-electron chi connectivity index (χ0n) is 9.50. The Kier molecular flexibility index (Phi) is 2.70. The summed E-state index contributed by atoms with van der Waals surface area (Å²) in [5.41, 5.74) is 7.38. The van der Waals surface area contributed by atoms with Crippen LogP contribution in [0.4, 0.5) is 5.69 Å². The highest BCUT2D eigenvalue weighted by atomic mass is 16.6. The van der Waals surface area contributed by atoms with Crippen molar-refractivity contribution in [3.63, 3.8) is 0 Å². The second-order valence-corrected chi connectivity index (χ2v) is 4.24. The molecule has 0 radical (unpaired) electrons. The van der Waals surface area contributed by atoms with Gasteiger partial charge in [0.1, 0.15) is 6.10 Å². The lowest BCUT2D eigenvalue weighted by molar-refractivity contribution is -0.0945. The quantitative estimate of drug-likeness (QED) is 0.787. The van der Waals surface area contributed by atoms with Crippen LogP contribution in [-0.2, 0) is 16.0 Å². The first-order valence-electron chi connectivity index (χ1n) is 5.73. The number of ether oxygens (including phenoxy) is 2. The Hall–Kier alpha value is -1.59. The van der Waals surface area contributed by atoms with Gasteiger partial charge in [-0.25, -0.2) is 0 Å². The Bertz CT molecular complexity index is 517. The van der Waals surface area contributed by atoms with E-state index in [1.807, 2.05) is 29.1 Å². The van der Waals surface area contributed by atoms with Gasteiger partial charge in [0, 0.05) is 17.3 Å². The average Bonchev–Trinajstić information content (AvgIpc) is 2.71. The fourth-order valence-corrected chi connectivity index (χ4v) is 2.03. The molecule has 2 N–H and O–H groups in total. The van der Waals surface area contributed by atoms with E-state index >= 15 is 0 Å². The van der Waals surface area contributed by atoms with Gasteiger partial charge in [0.15, 0.2) is 0 Å². The fourth-order valence-electron chi connectivity index (χ4n) is 2.03. The van der Waals surface area contributed by atoms with Crippen LogP contribution >= 0.6 is 0 Å². The first kappa shape index (κ1) is 10.6. The second-order valence-electron chi connectivity index (χ2n) is 4.24. The molecule has 0 bridgehead atoms. The minimum absolute atomic E-state index is 0.0930. The summed E-state index contributed by atoms with van der Waals surface area (Å²) in [4.78, 5) is 0. The highest BCUT2D eigenvalue weighted by Crippen LogP contribution is 2.16. The molecule has 2 aromatic rings. The van der Waals surface area contributed by atoms with E-state index in [0.717, 1.165) is 16.6 Å². The standard InChI is InChI=1S/C12H15N3O2/c13-10-2-1-9-6-15(14-12(9)5-10)7-11-8-16-3-4-17-11/h1-2,5-6,11H,3-4,7-8,13H2/t11-/m0/s1. The number of nitrogens with zero attached hydrogens (tertiary/aromatic N) is 2. The lowest BCUT2D eigenvalue weighted by atomic mass is 10.2. The van der Waals surface area contributed by atoms with E-state index in [4.69, 9.17) is 15.2 Å². The maximum Gasteiger partial charge on any atom is 0.100 e. The van der Waals surface area contributed by atoms with Gasteiger partial charge < -0.3 is 15.2 Å². The van der Waals surface area contributed by atoms with Gasteiger partial charge in [-0.05, 0) is 18.2 Å². The van der Waals surface area contributed by atoms with Crippen molar-refractivity contribution in [3.8, 4) is 0 Å². The summed E-state index contributed by atoms with van der Waals surface area (Å²) in [6.45, 7) is 2.71. The van der Waals surface area contributed by atoms with Gasteiger partial charge in [0.25, 0.3) is 0 Å². The predicted molar refractivity (Wildman–Crippen MR) is 64.7 cm³/mol. The Morgan fingerprint density at radius 3 is 3.18 bits per heavy atom. The Labute approximate surface area is 99.1 Å². The van der Waals surface area contributed by atoms with Crippen molar-refractivity contribution in [2.75, 3.05) is 25.6 Å². The molecule has 1 aliphatic rings. The molecule has 1 aromatic carbocycles. The Morgan fingerprint density at radius 2 is 2.35 bits per heavy atom. The largest absolute Gasteiger partial charge is 0.399 e. The summed E-state index contributed by atoms with van der Waals surface area (Å²) in [5, 5.41) is 5.56. The lowest BCUT2D eigenvalue weighted by Crippen LogP contribution is -2.32. The SMILES string of the molecule is Nc1ccc2cn(C[C@H]3COCCO3)nc2c1. The monoisotopic (exact) mass is 233 g/mol. The van der Waals surface area contributed by atoms with Crippen molar-refractivity contribution in [1.29, 1.82) is 0 Å². The van der Waals surface area contributed by atoms with Crippen molar-refractivity contribution in [1.82, 2.24) is 9.78 Å². The molecule has 1 aliphatic heterocycles. The molecule has 0 unspecified atom stereocenters. The fraction of sp³-hybridized carbons (Fsp3) is 0.417. The number of anilines is 1. The molecular formula is C12H15N3O2. The molecule has 0 saturated carbocycles. The zero-order valence-corrected chi connectivity index (χ0v) is 9.50. The molecule has 2 heterocycles. The third-order valence-corrected chi connectivity index (χ3v) is 2.85. The van der Waals surface area contributed by atoms with E-state index in [1.54, 1.807) is 0 Å². The maximum absolute atomic E-state index is 5.72. The van der Waals surface area contributed by atoms with E-state index in [2.05, 4.69) is 5.10 Å². The zero-order chi connectivity index (χ0) is 11.7. The minimum Gasteiger partial charge on any atom is -0.399 e. The summed E-state index contributed by atoms with van der Waals surface area (Å²) in [5.74, 6) is 0. The molecule has 3 rings (SSSR count). The number of nitrogen functional groups attached to an aromatic ring is 1. The first-order chi connectivity index (χ1) is 8.31. The van der Waals surface area contributed by atoms with E-state index in [-0.39, 0.29) is 6.10 Å². The number of hydrogen-bond acceptors (Lipinski definition) is 4. The summed E-state index contributed by atoms with van der Waals surface area (Å²) in [7, 11) is 0. The van der Waals surface area contributed by atoms with E-state index in [1.165, 1.54) is 0 Å². The maximum atomic E-state index is 5.72. The van der Waals surface area contributed by atoms with Gasteiger partial charge in [-0.1, -0.05) is 0 Å². The smallest absolute Gasteiger partial charge is 0.100 e. The van der Waals surface area contributed by atoms with E-state index in [0.29, 0.717) is 26.4 Å². The number of hydrogen-bond donors (Lipinski definition) is 1. The first-order valence-corrected chi connectivity index (χ1v) is 5.73. The molecule has 0 amide bonds. The number of benzene rings is 1. The highest BCUT2D eigenvalue weighted by molar-refractivity contribution is 5.81. The van der Waals surface area contributed by atoms with Crippen molar-refractivity contribution in [3.05, 3.63) is 24.4 Å². The van der Waals surface area contributed by atoms with Crippen LogP contribution in [0.25, 0.3) is 10.9 Å². The summed E-state index contributed by atoms with van der Waals surface area (Å²) in [6, 6.07) is 5.74. The van der Waals surface area contributed by atoms with Crippen LogP contribution in [0.3, 0.4) is 0 Å². The molecule has 0 aliphatic carbocycles. The lowest BCUT2D eigenvalue weighted by Gasteiger charge is -2.22. The number of fused-ring (bicyclic) bond motifs is 1. The molecule has 0 spiro atoms. The summed E-state index contributed by atoms with van der Waals surface area (Å²) in [6.07, 6.45) is 2.10. The topological polar surface area (TPSA) is 62.3 Å².